The van der Waals surface area contributed by atoms with E-state index in [0.717, 1.165) is 0 Å². The van der Waals surface area contributed by atoms with E-state index in [1.165, 1.54) is 21.3 Å². The molecule has 5 saturated heterocycles. The summed E-state index contributed by atoms with van der Waals surface area (Å²) >= 11 is 0. The molecule has 0 aromatic heterocycles. The largest absolute Gasteiger partial charge is 0.468 e. The maximum absolute atomic E-state index is 15.7. The van der Waals surface area contributed by atoms with Crippen LogP contribution in [-0.2, 0) is 63.6 Å². The van der Waals surface area contributed by atoms with Gasteiger partial charge in [0.15, 0.2) is 18.4 Å². The van der Waals surface area contributed by atoms with E-state index in [4.69, 9.17) is 42.6 Å². The van der Waals surface area contributed by atoms with Gasteiger partial charge in [0.05, 0.1) is 63.7 Å². The molecular formula is C36H44O15. The van der Waals surface area contributed by atoms with Gasteiger partial charge < -0.3 is 58.0 Å². The zero-order valence-electron chi connectivity index (χ0n) is 29.1. The number of epoxide rings is 1. The van der Waals surface area contributed by atoms with Crippen molar-refractivity contribution in [2.75, 3.05) is 34.5 Å². The highest BCUT2D eigenvalue weighted by Crippen LogP contribution is 2.82. The molecule has 8 fully saturated rings. The molecule has 1 aromatic rings. The summed E-state index contributed by atoms with van der Waals surface area (Å²) in [5.74, 6) is -7.85. The second kappa shape index (κ2) is 10.6. The highest BCUT2D eigenvalue weighted by atomic mass is 16.8. The fourth-order valence-corrected chi connectivity index (χ4v) is 12.5. The fraction of sp³-hybridized carbons (Fsp3) is 0.750. The Morgan fingerprint density at radius 2 is 1.69 bits per heavy atom. The number of aliphatic hydroxyl groups excluding tert-OH is 2. The minimum Gasteiger partial charge on any atom is -0.468 e. The molecule has 15 nitrogen and oxygen atoms in total. The average Bonchev–Trinajstić information content (AvgIpc) is 3.49. The number of carbonyl (C=O) groups is 3. The van der Waals surface area contributed by atoms with Crippen molar-refractivity contribution in [3.05, 3.63) is 35.9 Å². The third-order valence-electron chi connectivity index (χ3n) is 14.5. The van der Waals surface area contributed by atoms with E-state index in [1.54, 1.807) is 19.1 Å². The van der Waals surface area contributed by atoms with E-state index in [-0.39, 0.29) is 39.1 Å². The van der Waals surface area contributed by atoms with E-state index >= 15 is 4.79 Å². The van der Waals surface area contributed by atoms with Gasteiger partial charge in [-0.2, -0.15) is 0 Å². The van der Waals surface area contributed by atoms with E-state index in [1.807, 2.05) is 25.1 Å². The molecule has 3 N–H and O–H groups in total. The van der Waals surface area contributed by atoms with Crippen molar-refractivity contribution < 1.29 is 72.3 Å². The molecule has 0 unspecified atom stereocenters. The minimum atomic E-state index is -2.34. The van der Waals surface area contributed by atoms with Crippen molar-refractivity contribution in [2.24, 2.45) is 34.0 Å². The van der Waals surface area contributed by atoms with Gasteiger partial charge in [-0.1, -0.05) is 30.3 Å². The number of carbonyl (C=O) groups excluding carboxylic acids is 3. The third-order valence-corrected chi connectivity index (χ3v) is 14.5. The van der Waals surface area contributed by atoms with Gasteiger partial charge in [-0.05, 0) is 25.8 Å². The van der Waals surface area contributed by atoms with Crippen LogP contribution in [0.3, 0.4) is 0 Å². The molecule has 0 radical (unpaired) electrons. The number of ketones is 1. The van der Waals surface area contributed by atoms with Gasteiger partial charge in [0.2, 0.25) is 0 Å². The third kappa shape index (κ3) is 3.58. The van der Waals surface area contributed by atoms with Gasteiger partial charge in [0.1, 0.15) is 28.3 Å². The van der Waals surface area contributed by atoms with Crippen molar-refractivity contribution in [3.8, 4) is 0 Å². The smallest absolute Gasteiger partial charge is 0.366 e. The molecule has 1 spiro atoms. The number of hydrogen-bond acceptors (Lipinski definition) is 15. The molecule has 278 valence electrons. The van der Waals surface area contributed by atoms with Crippen LogP contribution in [-0.4, -0.2) is 127 Å². The highest BCUT2D eigenvalue weighted by molar-refractivity contribution is 5.97. The second-order valence-corrected chi connectivity index (χ2v) is 16.0. The number of methoxy groups -OCH3 is 3. The molecule has 51 heavy (non-hydrogen) atoms. The SMILES string of the molecule is COC(=O)[C@@]1(OCc2ccccc2)OC[C@]23[C@@H]1[C@](C)([C@]14O[C@@]1(C)[C@H]1C[C@@H]4O[C@@H]4O[C@H](OC)C[C@@]41O)C(=O)[C@@H]1OC[C@](C(=O)OC)([C@H](O)C[C@@H]2O)[C@H]13. The molecule has 0 amide bonds. The predicted octanol–water partition coefficient (Wildman–Crippen LogP) is -0.00940. The first-order chi connectivity index (χ1) is 24.2. The monoisotopic (exact) mass is 716 g/mol. The molecule has 3 aliphatic carbocycles. The van der Waals surface area contributed by atoms with Crippen molar-refractivity contribution in [1.29, 1.82) is 0 Å². The van der Waals surface area contributed by atoms with E-state index in [2.05, 4.69) is 0 Å². The topological polar surface area (TPSA) is 198 Å². The summed E-state index contributed by atoms with van der Waals surface area (Å²) in [6.45, 7) is 2.57. The Labute approximate surface area is 293 Å². The van der Waals surface area contributed by atoms with Gasteiger partial charge in [-0.25, -0.2) is 4.79 Å². The molecular weight excluding hydrogens is 672 g/mol. The first-order valence-electron chi connectivity index (χ1n) is 17.5. The van der Waals surface area contributed by atoms with Crippen molar-refractivity contribution in [3.63, 3.8) is 0 Å². The summed E-state index contributed by atoms with van der Waals surface area (Å²) in [5.41, 5.74) is -8.84. The molecule has 5 aliphatic heterocycles. The summed E-state index contributed by atoms with van der Waals surface area (Å²) in [5, 5.41) is 36.2. The normalized spacial score (nSPS) is 54.3. The highest BCUT2D eigenvalue weighted by Gasteiger charge is 2.97. The summed E-state index contributed by atoms with van der Waals surface area (Å²) in [7, 11) is 3.84. The van der Waals surface area contributed by atoms with Crippen LogP contribution >= 0.6 is 0 Å². The lowest BCUT2D eigenvalue weighted by atomic mass is 9.38. The average molecular weight is 717 g/mol. The number of ether oxygens (including phenoxy) is 9. The Hall–Kier alpha value is -2.57. The number of rotatable bonds is 7. The molecule has 16 atom stereocenters. The first-order valence-corrected chi connectivity index (χ1v) is 17.5. The van der Waals surface area contributed by atoms with Crippen molar-refractivity contribution >= 4 is 17.7 Å². The zero-order valence-corrected chi connectivity index (χ0v) is 29.1. The maximum Gasteiger partial charge on any atom is 0.366 e. The van der Waals surface area contributed by atoms with Crippen LogP contribution in [0, 0.1) is 34.0 Å². The van der Waals surface area contributed by atoms with Crippen LogP contribution in [0.2, 0.25) is 0 Å². The Kier molecular flexibility index (Phi) is 7.08. The summed E-state index contributed by atoms with van der Waals surface area (Å²) in [6, 6.07) is 9.05. The van der Waals surface area contributed by atoms with Crippen LogP contribution in [0.4, 0.5) is 0 Å². The van der Waals surface area contributed by atoms with Gasteiger partial charge in [-0.3, -0.25) is 9.59 Å². The summed E-state index contributed by atoms with van der Waals surface area (Å²) < 4.78 is 54.9. The first kappa shape index (κ1) is 34.2. The van der Waals surface area contributed by atoms with Crippen LogP contribution in [0.1, 0.15) is 38.7 Å². The number of benzene rings is 1. The number of hydrogen-bond donors (Lipinski definition) is 3. The number of esters is 2. The Morgan fingerprint density at radius 3 is 2.37 bits per heavy atom. The molecule has 2 bridgehead atoms. The Morgan fingerprint density at radius 1 is 0.961 bits per heavy atom. The standard InChI is InChI=1S/C36H44O15/c1-30(36-21-11-18(31(36,2)51-36)34(42)13-22(43-3)50-29(34)49-21)25(39)23-24-32(19(37)12-20(38)33(24,15-46-23)27(40)44-4)16-48-35(26(30)32,28(41)45-5)47-14-17-9-7-6-8-10-17/h6-10,18-24,26,29,37-38,42H,11-16H2,1-5H3/t18-,19+,20-,21+,22+,23-,24-,26+,29-,30-,31+,32+,33+,34+,35+,36+/m1/s1. The van der Waals surface area contributed by atoms with Crippen LogP contribution in [0.25, 0.3) is 0 Å². The van der Waals surface area contributed by atoms with Crippen LogP contribution < -0.4 is 0 Å². The van der Waals surface area contributed by atoms with Crippen LogP contribution in [0.5, 0.6) is 0 Å². The second-order valence-electron chi connectivity index (χ2n) is 16.0. The van der Waals surface area contributed by atoms with E-state index in [0.29, 0.717) is 5.56 Å². The number of Topliss-reactive ketones (excluding diaryl/α,β-unsaturated/α-hetero) is 1. The Bertz CT molecular complexity index is 1670. The lowest BCUT2D eigenvalue weighted by molar-refractivity contribution is -0.304. The summed E-state index contributed by atoms with van der Waals surface area (Å²) in [6.07, 6.45) is -6.85. The maximum atomic E-state index is 15.7. The Balaban J connectivity index is 1.27. The lowest BCUT2D eigenvalue weighted by Gasteiger charge is -2.63. The number of fused-ring (bicyclic) bond motifs is 7. The predicted molar refractivity (Wildman–Crippen MR) is 166 cm³/mol. The van der Waals surface area contributed by atoms with Gasteiger partial charge >= 0.3 is 11.9 Å². The summed E-state index contributed by atoms with van der Waals surface area (Å²) in [4.78, 5) is 43.9. The van der Waals surface area contributed by atoms with Gasteiger partial charge in [0.25, 0.3) is 5.79 Å². The van der Waals surface area contributed by atoms with Crippen molar-refractivity contribution in [1.82, 2.24) is 0 Å². The number of aliphatic hydroxyl groups is 3. The molecule has 9 rings (SSSR count). The molecule has 3 saturated carbocycles. The fourth-order valence-electron chi connectivity index (χ4n) is 12.5. The van der Waals surface area contributed by atoms with E-state index in [9.17, 15) is 24.9 Å². The van der Waals surface area contributed by atoms with E-state index < -0.39 is 111 Å². The van der Waals surface area contributed by atoms with Gasteiger partial charge in [-0.15, -0.1) is 0 Å². The lowest BCUT2D eigenvalue weighted by Crippen LogP contribution is -2.77. The minimum absolute atomic E-state index is 0.0973. The molecule has 5 heterocycles. The molecule has 8 aliphatic rings. The quantitative estimate of drug-likeness (QED) is 0.251. The zero-order chi connectivity index (χ0) is 36.1. The van der Waals surface area contributed by atoms with Gasteiger partial charge in [0, 0.05) is 37.2 Å². The van der Waals surface area contributed by atoms with Crippen LogP contribution in [0.15, 0.2) is 30.3 Å². The van der Waals surface area contributed by atoms with Crippen molar-refractivity contribution in [2.45, 2.75) is 99.3 Å². The molecule has 15 heteroatoms. The molecule has 1 aromatic carbocycles.